The molecule has 20 heavy (non-hydrogen) atoms. The van der Waals surface area contributed by atoms with Gasteiger partial charge in [0.15, 0.2) is 9.84 Å². The van der Waals surface area contributed by atoms with Gasteiger partial charge in [-0.05, 0) is 36.2 Å². The Balaban J connectivity index is 2.31. The summed E-state index contributed by atoms with van der Waals surface area (Å²) in [5.41, 5.74) is 1.14. The fraction of sp³-hybridized carbons (Fsp3) is 0.182. The van der Waals surface area contributed by atoms with E-state index in [4.69, 9.17) is 11.6 Å². The van der Waals surface area contributed by atoms with Gasteiger partial charge in [0.1, 0.15) is 0 Å². The van der Waals surface area contributed by atoms with Crippen LogP contribution < -0.4 is 5.32 Å². The molecule has 0 radical (unpaired) electrons. The van der Waals surface area contributed by atoms with Crippen molar-refractivity contribution in [1.29, 1.82) is 0 Å². The second-order valence-electron chi connectivity index (χ2n) is 4.06. The first-order valence-corrected chi connectivity index (χ1v) is 8.47. The van der Waals surface area contributed by atoms with E-state index in [-0.39, 0.29) is 14.4 Å². The summed E-state index contributed by atoms with van der Waals surface area (Å²) < 4.78 is 23.2. The molecule has 6 nitrogen and oxygen atoms in total. The topological polar surface area (TPSA) is 89.0 Å². The van der Waals surface area contributed by atoms with Gasteiger partial charge in [-0.1, -0.05) is 17.4 Å². The van der Waals surface area contributed by atoms with Crippen LogP contribution >= 0.6 is 22.9 Å². The number of aryl methyl sites for hydroxylation is 1. The summed E-state index contributed by atoms with van der Waals surface area (Å²) >= 11 is 6.55. The molecule has 9 heteroatoms. The smallest absolute Gasteiger partial charge is 0.286 e. The van der Waals surface area contributed by atoms with Crippen LogP contribution in [0.1, 0.15) is 15.4 Å². The third-order valence-corrected chi connectivity index (χ3v) is 4.61. The second kappa shape index (κ2) is 5.47. The molecule has 0 aliphatic rings. The summed E-state index contributed by atoms with van der Waals surface area (Å²) in [7, 11) is -3.34. The van der Waals surface area contributed by atoms with Crippen LogP contribution in [0.25, 0.3) is 0 Å². The van der Waals surface area contributed by atoms with Crippen molar-refractivity contribution >= 4 is 44.4 Å². The molecule has 1 heterocycles. The lowest BCUT2D eigenvalue weighted by atomic mass is 10.2. The lowest BCUT2D eigenvalue weighted by Gasteiger charge is -2.08. The van der Waals surface area contributed by atoms with E-state index in [9.17, 15) is 13.2 Å². The van der Waals surface area contributed by atoms with Crippen LogP contribution in [0.15, 0.2) is 23.1 Å². The summed E-state index contributed by atoms with van der Waals surface area (Å²) in [5, 5.41) is 9.86. The summed E-state index contributed by atoms with van der Waals surface area (Å²) in [6.07, 6.45) is 1.10. The maximum absolute atomic E-state index is 11.9. The Bertz CT molecular complexity index is 771. The van der Waals surface area contributed by atoms with E-state index in [1.807, 2.05) is 0 Å². The third-order valence-electron chi connectivity index (χ3n) is 2.48. The molecule has 0 aliphatic heterocycles. The lowest BCUT2D eigenvalue weighted by molar-refractivity contribution is 0.102. The maximum Gasteiger partial charge on any atom is 0.286 e. The number of hydrogen-bond donors (Lipinski definition) is 1. The minimum atomic E-state index is -3.34. The molecule has 0 spiro atoms. The number of benzene rings is 1. The lowest BCUT2D eigenvalue weighted by Crippen LogP contribution is -2.13. The number of hydrogen-bond acceptors (Lipinski definition) is 6. The molecule has 0 fully saturated rings. The third kappa shape index (κ3) is 3.33. The number of nitrogens with zero attached hydrogens (tertiary/aromatic N) is 2. The van der Waals surface area contributed by atoms with E-state index in [1.165, 1.54) is 12.1 Å². The molecular weight excluding hydrogens is 322 g/mol. The molecule has 0 aliphatic carbocycles. The van der Waals surface area contributed by atoms with Crippen molar-refractivity contribution in [3.05, 3.63) is 33.2 Å². The maximum atomic E-state index is 11.9. The van der Waals surface area contributed by atoms with Gasteiger partial charge in [0.2, 0.25) is 9.47 Å². The van der Waals surface area contributed by atoms with Crippen LogP contribution in [0.4, 0.5) is 5.69 Å². The number of aromatic nitrogens is 2. The first kappa shape index (κ1) is 14.9. The first-order valence-electron chi connectivity index (χ1n) is 5.38. The Morgan fingerprint density at radius 3 is 2.60 bits per heavy atom. The fourth-order valence-electron chi connectivity index (χ4n) is 1.44. The predicted octanol–water partition coefficient (Wildman–Crippen LogP) is 2.16. The average molecular weight is 332 g/mol. The Morgan fingerprint density at radius 1 is 1.35 bits per heavy atom. The SMILES string of the molecule is Cc1ccc(S(C)(=O)=O)cc1NC(=O)c1nnc(Cl)s1. The molecule has 1 N–H and O–H groups in total. The van der Waals surface area contributed by atoms with Crippen molar-refractivity contribution in [3.63, 3.8) is 0 Å². The zero-order valence-electron chi connectivity index (χ0n) is 10.5. The molecule has 1 aromatic carbocycles. The Kier molecular flexibility index (Phi) is 4.07. The quantitative estimate of drug-likeness (QED) is 0.930. The van der Waals surface area contributed by atoms with Gasteiger partial charge >= 0.3 is 0 Å². The molecule has 0 atom stereocenters. The van der Waals surface area contributed by atoms with Crippen molar-refractivity contribution in [2.75, 3.05) is 11.6 Å². The Morgan fingerprint density at radius 2 is 2.05 bits per heavy atom. The number of anilines is 1. The number of carbonyl (C=O) groups excluding carboxylic acids is 1. The van der Waals surface area contributed by atoms with Crippen molar-refractivity contribution < 1.29 is 13.2 Å². The van der Waals surface area contributed by atoms with Crippen LogP contribution in [0, 0.1) is 6.92 Å². The summed E-state index contributed by atoms with van der Waals surface area (Å²) in [6.45, 7) is 1.76. The summed E-state index contributed by atoms with van der Waals surface area (Å²) in [5.74, 6) is -0.483. The molecule has 0 bridgehead atoms. The number of halogens is 1. The zero-order chi connectivity index (χ0) is 14.9. The molecule has 0 unspecified atom stereocenters. The van der Waals surface area contributed by atoms with Crippen molar-refractivity contribution in [1.82, 2.24) is 10.2 Å². The van der Waals surface area contributed by atoms with Gasteiger partial charge in [0.05, 0.1) is 4.90 Å². The number of nitrogens with one attached hydrogen (secondary N) is 1. The predicted molar refractivity (Wildman–Crippen MR) is 77.2 cm³/mol. The first-order chi connectivity index (χ1) is 9.27. The van der Waals surface area contributed by atoms with Crippen LogP contribution in [0.3, 0.4) is 0 Å². The molecular formula is C11H10ClN3O3S2. The highest BCUT2D eigenvalue weighted by Gasteiger charge is 2.15. The van der Waals surface area contributed by atoms with Gasteiger partial charge in [-0.15, -0.1) is 10.2 Å². The monoisotopic (exact) mass is 331 g/mol. The molecule has 1 amide bonds. The molecule has 2 aromatic rings. The van der Waals surface area contributed by atoms with Gasteiger partial charge in [-0.2, -0.15) is 0 Å². The summed E-state index contributed by atoms with van der Waals surface area (Å²) in [4.78, 5) is 12.1. The van der Waals surface area contributed by atoms with Gasteiger partial charge in [-0.25, -0.2) is 8.42 Å². The molecule has 1 aromatic heterocycles. The van der Waals surface area contributed by atoms with E-state index in [1.54, 1.807) is 13.0 Å². The zero-order valence-corrected chi connectivity index (χ0v) is 12.9. The fourth-order valence-corrected chi connectivity index (χ4v) is 2.81. The van der Waals surface area contributed by atoms with E-state index >= 15 is 0 Å². The van der Waals surface area contributed by atoms with E-state index in [0.717, 1.165) is 23.2 Å². The van der Waals surface area contributed by atoms with Gasteiger partial charge in [0.25, 0.3) is 5.91 Å². The highest BCUT2D eigenvalue weighted by atomic mass is 35.5. The Hall–Kier alpha value is -1.51. The number of carbonyl (C=O) groups is 1. The van der Waals surface area contributed by atoms with Crippen LogP contribution in [-0.4, -0.2) is 30.8 Å². The molecule has 106 valence electrons. The molecule has 0 saturated carbocycles. The van der Waals surface area contributed by atoms with E-state index in [2.05, 4.69) is 15.5 Å². The largest absolute Gasteiger partial charge is 0.320 e. The van der Waals surface area contributed by atoms with Crippen LogP contribution in [0.5, 0.6) is 0 Å². The second-order valence-corrected chi connectivity index (χ2v) is 7.64. The highest BCUT2D eigenvalue weighted by molar-refractivity contribution is 7.90. The highest BCUT2D eigenvalue weighted by Crippen LogP contribution is 2.22. The Labute approximate surface area is 124 Å². The molecule has 2 rings (SSSR count). The minimum Gasteiger partial charge on any atom is -0.320 e. The van der Waals surface area contributed by atoms with Crippen molar-refractivity contribution in [2.45, 2.75) is 11.8 Å². The standard InChI is InChI=1S/C11H10ClN3O3S2/c1-6-3-4-7(20(2,17)18)5-8(6)13-9(16)10-14-15-11(12)19-10/h3-5H,1-2H3,(H,13,16). The summed E-state index contributed by atoms with van der Waals surface area (Å²) in [6, 6.07) is 4.52. The van der Waals surface area contributed by atoms with E-state index < -0.39 is 15.7 Å². The molecule has 0 saturated heterocycles. The van der Waals surface area contributed by atoms with Crippen LogP contribution in [0.2, 0.25) is 4.47 Å². The van der Waals surface area contributed by atoms with E-state index in [0.29, 0.717) is 5.69 Å². The minimum absolute atomic E-state index is 0.110. The van der Waals surface area contributed by atoms with Gasteiger partial charge < -0.3 is 5.32 Å². The number of sulfone groups is 1. The normalized spacial score (nSPS) is 11.3. The number of rotatable bonds is 3. The number of amides is 1. The average Bonchev–Trinajstić information content (AvgIpc) is 2.77. The van der Waals surface area contributed by atoms with Crippen molar-refractivity contribution in [3.8, 4) is 0 Å². The van der Waals surface area contributed by atoms with Gasteiger partial charge in [-0.3, -0.25) is 4.79 Å². The van der Waals surface area contributed by atoms with Crippen molar-refractivity contribution in [2.24, 2.45) is 0 Å². The van der Waals surface area contributed by atoms with Crippen LogP contribution in [-0.2, 0) is 9.84 Å². The van der Waals surface area contributed by atoms with Gasteiger partial charge in [0, 0.05) is 11.9 Å².